The first kappa shape index (κ1) is 12.6. The lowest BCUT2D eigenvalue weighted by Gasteiger charge is -2.15. The van der Waals surface area contributed by atoms with Gasteiger partial charge in [0.1, 0.15) is 6.10 Å². The second kappa shape index (κ2) is 6.11. The number of hydrogen-bond acceptors (Lipinski definition) is 4. The third-order valence-electron chi connectivity index (χ3n) is 1.98. The summed E-state index contributed by atoms with van der Waals surface area (Å²) in [6.45, 7) is 6.80. The fourth-order valence-electron chi connectivity index (χ4n) is 0.666. The molecular weight excluding hydrogens is 182 g/mol. The number of hydrogen-bond donors (Lipinski definition) is 0. The van der Waals surface area contributed by atoms with E-state index >= 15 is 0 Å². The van der Waals surface area contributed by atoms with Crippen LogP contribution in [0.1, 0.15) is 27.7 Å². The number of allylic oxidation sites excluding steroid dienone is 1. The third kappa shape index (κ3) is 4.01. The number of nitrogens with zero attached hydrogens (tertiary/aromatic N) is 1. The smallest absolute Gasteiger partial charge is 0.333 e. The minimum Gasteiger partial charge on any atom is -0.457 e. The van der Waals surface area contributed by atoms with Crippen molar-refractivity contribution in [3.63, 3.8) is 0 Å². The minimum atomic E-state index is -0.418. The molecule has 0 aromatic rings. The maximum atomic E-state index is 11.3. The van der Waals surface area contributed by atoms with Crippen LogP contribution in [-0.2, 0) is 14.3 Å². The molecule has 4 heteroatoms. The zero-order chi connectivity index (χ0) is 11.1. The van der Waals surface area contributed by atoms with Crippen molar-refractivity contribution < 1.29 is 14.3 Å². The SMILES string of the molecule is C/C=C(\C)C(=O)OC(C)C(C)N=C=O. The maximum absolute atomic E-state index is 11.3. The Morgan fingerprint density at radius 3 is 2.50 bits per heavy atom. The van der Waals surface area contributed by atoms with Gasteiger partial charge in [0.2, 0.25) is 6.08 Å². The molecule has 0 fully saturated rings. The number of rotatable bonds is 4. The summed E-state index contributed by atoms with van der Waals surface area (Å²) in [7, 11) is 0. The first-order valence-corrected chi connectivity index (χ1v) is 4.43. The fourth-order valence-corrected chi connectivity index (χ4v) is 0.666. The average molecular weight is 197 g/mol. The number of esters is 1. The van der Waals surface area contributed by atoms with E-state index in [1.165, 1.54) is 6.08 Å². The van der Waals surface area contributed by atoms with Crippen LogP contribution in [0.25, 0.3) is 0 Å². The minimum absolute atomic E-state index is 0.360. The summed E-state index contributed by atoms with van der Waals surface area (Å²) in [6, 6.07) is -0.360. The van der Waals surface area contributed by atoms with Crippen molar-refractivity contribution in [3.8, 4) is 0 Å². The molecule has 2 atom stereocenters. The maximum Gasteiger partial charge on any atom is 0.333 e. The Balaban J connectivity index is 4.25. The van der Waals surface area contributed by atoms with Gasteiger partial charge in [0.05, 0.1) is 6.04 Å². The van der Waals surface area contributed by atoms with Crippen LogP contribution >= 0.6 is 0 Å². The van der Waals surface area contributed by atoms with Gasteiger partial charge in [-0.2, -0.15) is 4.99 Å². The largest absolute Gasteiger partial charge is 0.457 e. The molecular formula is C10H15NO3. The summed E-state index contributed by atoms with van der Waals surface area (Å²) in [4.78, 5) is 24.7. The van der Waals surface area contributed by atoms with Gasteiger partial charge in [0.25, 0.3) is 0 Å². The van der Waals surface area contributed by atoms with Gasteiger partial charge in [-0.15, -0.1) is 0 Å². The summed E-state index contributed by atoms with van der Waals surface area (Å²) < 4.78 is 5.04. The lowest BCUT2D eigenvalue weighted by Crippen LogP contribution is -2.25. The Labute approximate surface area is 83.7 Å². The second-order valence-electron chi connectivity index (χ2n) is 3.04. The Kier molecular flexibility index (Phi) is 5.49. The van der Waals surface area contributed by atoms with Crippen molar-refractivity contribution >= 4 is 12.0 Å². The molecule has 0 N–H and O–H groups in total. The predicted molar refractivity (Wildman–Crippen MR) is 52.6 cm³/mol. The van der Waals surface area contributed by atoms with Crippen LogP contribution in [0, 0.1) is 0 Å². The highest BCUT2D eigenvalue weighted by Gasteiger charge is 2.16. The van der Waals surface area contributed by atoms with Crippen molar-refractivity contribution in [1.82, 2.24) is 0 Å². The average Bonchev–Trinajstić information content (AvgIpc) is 2.16. The molecule has 14 heavy (non-hydrogen) atoms. The van der Waals surface area contributed by atoms with Gasteiger partial charge in [-0.3, -0.25) is 0 Å². The van der Waals surface area contributed by atoms with Crippen molar-refractivity contribution in [2.75, 3.05) is 0 Å². The van der Waals surface area contributed by atoms with Gasteiger partial charge < -0.3 is 4.74 Å². The van der Waals surface area contributed by atoms with Crippen LogP contribution in [0.2, 0.25) is 0 Å². The van der Waals surface area contributed by atoms with E-state index < -0.39 is 6.10 Å². The van der Waals surface area contributed by atoms with Crippen LogP contribution in [0.15, 0.2) is 16.6 Å². The Hall–Kier alpha value is -1.41. The van der Waals surface area contributed by atoms with E-state index in [1.54, 1.807) is 33.8 Å². The molecule has 0 aliphatic carbocycles. The Bertz CT molecular complexity index is 277. The van der Waals surface area contributed by atoms with E-state index in [2.05, 4.69) is 4.99 Å². The van der Waals surface area contributed by atoms with Crippen LogP contribution in [0.4, 0.5) is 0 Å². The van der Waals surface area contributed by atoms with Crippen molar-refractivity contribution in [3.05, 3.63) is 11.6 Å². The molecule has 0 bridgehead atoms. The molecule has 2 unspecified atom stereocenters. The van der Waals surface area contributed by atoms with E-state index in [0.29, 0.717) is 5.57 Å². The summed E-state index contributed by atoms with van der Waals surface area (Å²) in [5.74, 6) is -0.382. The number of carbonyl (C=O) groups excluding carboxylic acids is 2. The van der Waals surface area contributed by atoms with E-state index in [1.807, 2.05) is 0 Å². The van der Waals surface area contributed by atoms with E-state index in [-0.39, 0.29) is 12.0 Å². The standard InChI is InChI=1S/C10H15NO3/c1-5-7(2)10(13)14-9(4)8(3)11-6-12/h5,8-9H,1-4H3/b7-5+. The lowest BCUT2D eigenvalue weighted by atomic mass is 10.2. The van der Waals surface area contributed by atoms with Gasteiger partial charge >= 0.3 is 5.97 Å². The summed E-state index contributed by atoms with van der Waals surface area (Å²) in [5.41, 5.74) is 0.541. The molecule has 0 amide bonds. The van der Waals surface area contributed by atoms with E-state index in [4.69, 9.17) is 4.74 Å². The summed E-state index contributed by atoms with van der Waals surface area (Å²) >= 11 is 0. The fraction of sp³-hybridized carbons (Fsp3) is 0.600. The molecule has 78 valence electrons. The van der Waals surface area contributed by atoms with E-state index in [9.17, 15) is 9.59 Å². The summed E-state index contributed by atoms with van der Waals surface area (Å²) in [6.07, 6.45) is 2.69. The van der Waals surface area contributed by atoms with Crippen LogP contribution in [-0.4, -0.2) is 24.2 Å². The zero-order valence-corrected chi connectivity index (χ0v) is 8.90. The predicted octanol–water partition coefficient (Wildman–Crippen LogP) is 1.61. The van der Waals surface area contributed by atoms with Gasteiger partial charge in [-0.05, 0) is 27.7 Å². The molecule has 0 rings (SSSR count). The molecule has 0 aromatic carbocycles. The number of carbonyl (C=O) groups is 1. The third-order valence-corrected chi connectivity index (χ3v) is 1.98. The first-order valence-electron chi connectivity index (χ1n) is 4.43. The number of aliphatic imine (C=N–C) groups is 1. The molecule has 0 aliphatic rings. The zero-order valence-electron chi connectivity index (χ0n) is 8.90. The normalized spacial score (nSPS) is 15.3. The second-order valence-corrected chi connectivity index (χ2v) is 3.04. The molecule has 0 heterocycles. The molecule has 0 spiro atoms. The number of ether oxygens (including phenoxy) is 1. The molecule has 0 saturated carbocycles. The highest BCUT2D eigenvalue weighted by molar-refractivity contribution is 5.87. The topological polar surface area (TPSA) is 55.7 Å². The van der Waals surface area contributed by atoms with Crippen molar-refractivity contribution in [1.29, 1.82) is 0 Å². The quantitative estimate of drug-likeness (QED) is 0.298. The van der Waals surface area contributed by atoms with E-state index in [0.717, 1.165) is 0 Å². The molecule has 0 aliphatic heterocycles. The van der Waals surface area contributed by atoms with Crippen molar-refractivity contribution in [2.45, 2.75) is 39.8 Å². The van der Waals surface area contributed by atoms with Crippen LogP contribution in [0.3, 0.4) is 0 Å². The Morgan fingerprint density at radius 1 is 1.50 bits per heavy atom. The van der Waals surface area contributed by atoms with Gasteiger partial charge in [-0.1, -0.05) is 6.08 Å². The highest BCUT2D eigenvalue weighted by atomic mass is 16.5. The molecule has 4 nitrogen and oxygen atoms in total. The summed E-state index contributed by atoms with van der Waals surface area (Å²) in [5, 5.41) is 0. The highest BCUT2D eigenvalue weighted by Crippen LogP contribution is 2.06. The van der Waals surface area contributed by atoms with Crippen LogP contribution < -0.4 is 0 Å². The molecule has 0 saturated heterocycles. The molecule has 0 aromatic heterocycles. The number of isocyanates is 1. The monoisotopic (exact) mass is 197 g/mol. The Morgan fingerprint density at radius 2 is 2.07 bits per heavy atom. The van der Waals surface area contributed by atoms with Gasteiger partial charge in [-0.25, -0.2) is 9.59 Å². The van der Waals surface area contributed by atoms with Crippen molar-refractivity contribution in [2.24, 2.45) is 4.99 Å². The van der Waals surface area contributed by atoms with Crippen LogP contribution in [0.5, 0.6) is 0 Å². The lowest BCUT2D eigenvalue weighted by molar-refractivity contribution is -0.144. The molecule has 0 radical (unpaired) electrons. The van der Waals surface area contributed by atoms with Gasteiger partial charge in [0, 0.05) is 5.57 Å². The van der Waals surface area contributed by atoms with Gasteiger partial charge in [0.15, 0.2) is 0 Å². The first-order chi connectivity index (χ1) is 6.52.